The van der Waals surface area contributed by atoms with Crippen LogP contribution in [0, 0.1) is 11.6 Å². The fourth-order valence-electron chi connectivity index (χ4n) is 2.40. The quantitative estimate of drug-likeness (QED) is 0.387. The summed E-state index contributed by atoms with van der Waals surface area (Å²) in [6.45, 7) is 1.75. The first-order valence-electron chi connectivity index (χ1n) is 6.76. The number of halogens is 2. The summed E-state index contributed by atoms with van der Waals surface area (Å²) in [4.78, 5) is 11.6. The van der Waals surface area contributed by atoms with Crippen LogP contribution in [0.4, 0.5) is 13.6 Å². The fraction of sp³-hybridized carbons (Fsp3) is 0.118. The van der Waals surface area contributed by atoms with Crippen molar-refractivity contribution in [1.29, 1.82) is 0 Å². The smallest absolute Gasteiger partial charge is 0.434 e. The number of benzene rings is 3. The Morgan fingerprint density at radius 3 is 2.55 bits per heavy atom. The second-order valence-electron chi connectivity index (χ2n) is 4.66. The molecule has 0 unspecified atom stereocenters. The molecule has 0 aliphatic rings. The van der Waals surface area contributed by atoms with Crippen LogP contribution in [0.15, 0.2) is 42.5 Å². The van der Waals surface area contributed by atoms with Crippen molar-refractivity contribution >= 4 is 27.7 Å². The van der Waals surface area contributed by atoms with E-state index in [-0.39, 0.29) is 23.1 Å². The molecule has 0 N–H and O–H groups in total. The number of carbonyl (C=O) groups excluding carboxylic acids is 1. The van der Waals surface area contributed by atoms with Gasteiger partial charge in [-0.3, -0.25) is 0 Å². The summed E-state index contributed by atoms with van der Waals surface area (Å²) in [5.74, 6) is -1.29. The maximum Gasteiger partial charge on any atom is 0.513 e. The molecule has 0 aliphatic carbocycles. The molecule has 0 radical (unpaired) electrons. The first-order chi connectivity index (χ1) is 10.6. The van der Waals surface area contributed by atoms with Crippen LogP contribution in [0.5, 0.6) is 5.75 Å². The van der Waals surface area contributed by atoms with Crippen molar-refractivity contribution in [3.8, 4) is 5.75 Å². The molecule has 0 spiro atoms. The molecule has 3 aromatic rings. The lowest BCUT2D eigenvalue weighted by atomic mass is 10.0. The standard InChI is InChI=1S/C17H12F2O3/c1-2-21-17(20)22-16-11-6-4-3-5-10(11)9-12-13(18)7-8-14(19)15(12)16/h3-9H,2H2,1H3. The van der Waals surface area contributed by atoms with Gasteiger partial charge in [0.25, 0.3) is 0 Å². The molecular weight excluding hydrogens is 290 g/mol. The summed E-state index contributed by atoms with van der Waals surface area (Å²) < 4.78 is 38.1. The predicted octanol–water partition coefficient (Wildman–Crippen LogP) is 4.81. The highest BCUT2D eigenvalue weighted by Gasteiger charge is 2.18. The van der Waals surface area contributed by atoms with Gasteiger partial charge in [0, 0.05) is 10.8 Å². The summed E-state index contributed by atoms with van der Waals surface area (Å²) in [6, 6.07) is 10.5. The summed E-state index contributed by atoms with van der Waals surface area (Å²) in [7, 11) is 0. The SMILES string of the molecule is CCOC(=O)Oc1c2ccccc2cc2c(F)ccc(F)c12. The molecule has 0 amide bonds. The zero-order chi connectivity index (χ0) is 15.7. The predicted molar refractivity (Wildman–Crippen MR) is 79.0 cm³/mol. The summed E-state index contributed by atoms with van der Waals surface area (Å²) in [5.41, 5.74) is 0. The van der Waals surface area contributed by atoms with E-state index in [9.17, 15) is 13.6 Å². The van der Waals surface area contributed by atoms with E-state index in [1.54, 1.807) is 31.2 Å². The van der Waals surface area contributed by atoms with Crippen molar-refractivity contribution in [2.45, 2.75) is 6.92 Å². The third-order valence-corrected chi connectivity index (χ3v) is 3.32. The molecule has 3 rings (SSSR count). The van der Waals surface area contributed by atoms with Crippen molar-refractivity contribution in [3.63, 3.8) is 0 Å². The Labute approximate surface area is 125 Å². The minimum Gasteiger partial charge on any atom is -0.434 e. The van der Waals surface area contributed by atoms with Gasteiger partial charge >= 0.3 is 6.16 Å². The van der Waals surface area contributed by atoms with Gasteiger partial charge in [0.2, 0.25) is 0 Å². The van der Waals surface area contributed by atoms with E-state index in [1.165, 1.54) is 6.07 Å². The van der Waals surface area contributed by atoms with Gasteiger partial charge in [-0.05, 0) is 30.5 Å². The van der Waals surface area contributed by atoms with Gasteiger partial charge in [-0.15, -0.1) is 0 Å². The highest BCUT2D eigenvalue weighted by atomic mass is 19.1. The number of hydrogen-bond acceptors (Lipinski definition) is 3. The third kappa shape index (κ3) is 2.35. The lowest BCUT2D eigenvalue weighted by Crippen LogP contribution is -2.11. The van der Waals surface area contributed by atoms with Gasteiger partial charge in [0.1, 0.15) is 11.6 Å². The number of ether oxygens (including phenoxy) is 2. The van der Waals surface area contributed by atoms with Gasteiger partial charge in [-0.1, -0.05) is 24.3 Å². The van der Waals surface area contributed by atoms with Crippen molar-refractivity contribution in [3.05, 3.63) is 54.1 Å². The number of fused-ring (bicyclic) bond motifs is 2. The van der Waals surface area contributed by atoms with E-state index in [1.807, 2.05) is 0 Å². The van der Waals surface area contributed by atoms with Gasteiger partial charge < -0.3 is 9.47 Å². The van der Waals surface area contributed by atoms with E-state index in [0.29, 0.717) is 10.8 Å². The molecule has 22 heavy (non-hydrogen) atoms. The van der Waals surface area contributed by atoms with E-state index >= 15 is 0 Å². The second kappa shape index (κ2) is 5.60. The monoisotopic (exact) mass is 302 g/mol. The van der Waals surface area contributed by atoms with E-state index in [2.05, 4.69) is 0 Å². The average Bonchev–Trinajstić information content (AvgIpc) is 2.51. The van der Waals surface area contributed by atoms with Gasteiger partial charge in [0.05, 0.1) is 12.0 Å². The largest absolute Gasteiger partial charge is 0.513 e. The number of carbonyl (C=O) groups is 1. The van der Waals surface area contributed by atoms with Crippen molar-refractivity contribution in [1.82, 2.24) is 0 Å². The molecule has 112 valence electrons. The Kier molecular flexibility index (Phi) is 3.63. The molecule has 0 atom stereocenters. The van der Waals surface area contributed by atoms with Crippen molar-refractivity contribution in [2.75, 3.05) is 6.61 Å². The highest BCUT2D eigenvalue weighted by Crippen LogP contribution is 2.37. The molecule has 5 heteroatoms. The summed E-state index contributed by atoms with van der Waals surface area (Å²) in [6.07, 6.45) is -0.955. The van der Waals surface area contributed by atoms with Gasteiger partial charge in [-0.2, -0.15) is 0 Å². The Hall–Kier alpha value is -2.69. The Morgan fingerprint density at radius 2 is 1.77 bits per heavy atom. The van der Waals surface area contributed by atoms with Crippen LogP contribution in [0.1, 0.15) is 6.92 Å². The molecule has 0 bridgehead atoms. The van der Waals surface area contributed by atoms with Crippen LogP contribution >= 0.6 is 0 Å². The molecule has 0 saturated heterocycles. The molecule has 3 nitrogen and oxygen atoms in total. The van der Waals surface area contributed by atoms with Gasteiger partial charge in [0.15, 0.2) is 5.75 Å². The number of hydrogen-bond donors (Lipinski definition) is 0. The van der Waals surface area contributed by atoms with Crippen LogP contribution in [-0.4, -0.2) is 12.8 Å². The number of rotatable bonds is 2. The molecule has 0 aliphatic heterocycles. The van der Waals surface area contributed by atoms with E-state index in [0.717, 1.165) is 12.1 Å². The van der Waals surface area contributed by atoms with Crippen LogP contribution in [-0.2, 0) is 4.74 Å². The molecule has 0 heterocycles. The topological polar surface area (TPSA) is 35.5 Å². The van der Waals surface area contributed by atoms with Crippen LogP contribution in [0.2, 0.25) is 0 Å². The van der Waals surface area contributed by atoms with Crippen molar-refractivity contribution in [2.24, 2.45) is 0 Å². The maximum absolute atomic E-state index is 14.2. The Bertz CT molecular complexity index is 875. The minimum atomic E-state index is -0.955. The Morgan fingerprint density at radius 1 is 1.05 bits per heavy atom. The first kappa shape index (κ1) is 14.3. The van der Waals surface area contributed by atoms with Crippen LogP contribution in [0.3, 0.4) is 0 Å². The zero-order valence-corrected chi connectivity index (χ0v) is 11.7. The molecule has 0 fully saturated rings. The zero-order valence-electron chi connectivity index (χ0n) is 11.7. The van der Waals surface area contributed by atoms with Crippen LogP contribution < -0.4 is 4.74 Å². The lowest BCUT2D eigenvalue weighted by molar-refractivity contribution is 0.105. The van der Waals surface area contributed by atoms with Crippen LogP contribution in [0.25, 0.3) is 21.5 Å². The molecule has 3 aromatic carbocycles. The van der Waals surface area contributed by atoms with Crippen molar-refractivity contribution < 1.29 is 23.0 Å². The fourth-order valence-corrected chi connectivity index (χ4v) is 2.40. The lowest BCUT2D eigenvalue weighted by Gasteiger charge is -2.12. The molecule has 0 saturated carbocycles. The second-order valence-corrected chi connectivity index (χ2v) is 4.66. The Balaban J connectivity index is 2.36. The van der Waals surface area contributed by atoms with Gasteiger partial charge in [-0.25, -0.2) is 13.6 Å². The first-order valence-corrected chi connectivity index (χ1v) is 6.76. The maximum atomic E-state index is 14.2. The highest BCUT2D eigenvalue weighted by molar-refractivity contribution is 6.06. The third-order valence-electron chi connectivity index (χ3n) is 3.32. The van der Waals surface area contributed by atoms with E-state index in [4.69, 9.17) is 9.47 Å². The van der Waals surface area contributed by atoms with E-state index < -0.39 is 17.8 Å². The molecular formula is C17H12F2O3. The average molecular weight is 302 g/mol. The minimum absolute atomic E-state index is 0.0384. The summed E-state index contributed by atoms with van der Waals surface area (Å²) in [5, 5.41) is 1.12. The molecule has 0 aromatic heterocycles. The summed E-state index contributed by atoms with van der Waals surface area (Å²) >= 11 is 0. The normalized spacial score (nSPS) is 10.9.